The molecular weight excluding hydrogens is 256 g/mol. The lowest BCUT2D eigenvalue weighted by molar-refractivity contribution is 0.147. The monoisotopic (exact) mass is 286 g/mol. The molecular formula is C14H30N4S. The van der Waals surface area contributed by atoms with Crippen molar-refractivity contribution in [1.82, 2.24) is 15.5 Å². The number of piperidine rings is 1. The minimum atomic E-state index is 0.576. The summed E-state index contributed by atoms with van der Waals surface area (Å²) in [5.74, 6) is 2.93. The molecule has 0 spiro atoms. The van der Waals surface area contributed by atoms with E-state index >= 15 is 0 Å². The Balaban J connectivity index is 2.22. The number of likely N-dealkylation sites (tertiary alicyclic amines) is 1. The van der Waals surface area contributed by atoms with Gasteiger partial charge >= 0.3 is 0 Å². The van der Waals surface area contributed by atoms with Crippen LogP contribution in [0, 0.1) is 5.92 Å². The van der Waals surface area contributed by atoms with Gasteiger partial charge in [0.2, 0.25) is 0 Å². The fourth-order valence-corrected chi connectivity index (χ4v) is 2.64. The van der Waals surface area contributed by atoms with Crippen molar-refractivity contribution in [1.29, 1.82) is 0 Å². The molecule has 0 saturated carbocycles. The average Bonchev–Trinajstić information content (AvgIpc) is 2.43. The van der Waals surface area contributed by atoms with Crippen LogP contribution in [-0.4, -0.2) is 62.1 Å². The van der Waals surface area contributed by atoms with Gasteiger partial charge in [-0.25, -0.2) is 0 Å². The van der Waals surface area contributed by atoms with Crippen LogP contribution in [-0.2, 0) is 0 Å². The zero-order chi connectivity index (χ0) is 14.1. The molecule has 0 aromatic heterocycles. The fraction of sp³-hybridized carbons (Fsp3) is 0.929. The third-order valence-electron chi connectivity index (χ3n) is 3.83. The first-order chi connectivity index (χ1) is 9.17. The van der Waals surface area contributed by atoms with Crippen LogP contribution in [0.25, 0.3) is 0 Å². The number of rotatable bonds is 6. The Morgan fingerprint density at radius 3 is 2.63 bits per heavy atom. The summed E-state index contributed by atoms with van der Waals surface area (Å²) in [5.41, 5.74) is 0. The Morgan fingerprint density at radius 1 is 1.37 bits per heavy atom. The van der Waals surface area contributed by atoms with E-state index in [1.165, 1.54) is 25.9 Å². The molecule has 2 N–H and O–H groups in total. The number of nitrogens with zero attached hydrogens (tertiary/aromatic N) is 2. The lowest BCUT2D eigenvalue weighted by atomic mass is 9.98. The van der Waals surface area contributed by atoms with Gasteiger partial charge in [0, 0.05) is 31.9 Å². The summed E-state index contributed by atoms with van der Waals surface area (Å²) < 4.78 is 0. The highest BCUT2D eigenvalue weighted by Crippen LogP contribution is 2.17. The largest absolute Gasteiger partial charge is 0.356 e. The van der Waals surface area contributed by atoms with E-state index < -0.39 is 0 Å². The molecule has 1 aliphatic rings. The van der Waals surface area contributed by atoms with Gasteiger partial charge in [0.25, 0.3) is 0 Å². The third-order valence-corrected chi connectivity index (χ3v) is 4.44. The number of hydrogen-bond donors (Lipinski definition) is 2. The molecule has 0 aromatic rings. The molecule has 0 radical (unpaired) electrons. The van der Waals surface area contributed by atoms with Gasteiger partial charge in [-0.1, -0.05) is 6.92 Å². The molecule has 0 amide bonds. The molecule has 0 bridgehead atoms. The summed E-state index contributed by atoms with van der Waals surface area (Å²) in [6.45, 7) is 9.07. The van der Waals surface area contributed by atoms with Crippen molar-refractivity contribution in [3.05, 3.63) is 0 Å². The first kappa shape index (κ1) is 16.6. The van der Waals surface area contributed by atoms with E-state index in [1.807, 2.05) is 18.8 Å². The summed E-state index contributed by atoms with van der Waals surface area (Å²) in [6.07, 6.45) is 4.80. The lowest BCUT2D eigenvalue weighted by Gasteiger charge is -2.35. The zero-order valence-corrected chi connectivity index (χ0v) is 13.7. The van der Waals surface area contributed by atoms with Crippen molar-refractivity contribution < 1.29 is 0 Å². The van der Waals surface area contributed by atoms with Crippen molar-refractivity contribution in [2.45, 2.75) is 32.7 Å². The molecule has 1 saturated heterocycles. The van der Waals surface area contributed by atoms with Crippen molar-refractivity contribution in [3.8, 4) is 0 Å². The number of hydrogen-bond acceptors (Lipinski definition) is 3. The average molecular weight is 286 g/mol. The van der Waals surface area contributed by atoms with Crippen LogP contribution in [0.2, 0.25) is 0 Å². The summed E-state index contributed by atoms with van der Waals surface area (Å²) in [6, 6.07) is 0.576. The summed E-state index contributed by atoms with van der Waals surface area (Å²) in [5, 5.41) is 6.76. The smallest absolute Gasteiger partial charge is 0.191 e. The molecule has 1 unspecified atom stereocenters. The normalized spacial score (nSPS) is 20.3. The van der Waals surface area contributed by atoms with Crippen LogP contribution in [0.1, 0.15) is 26.7 Å². The van der Waals surface area contributed by atoms with E-state index in [-0.39, 0.29) is 0 Å². The van der Waals surface area contributed by atoms with Crippen molar-refractivity contribution in [2.75, 3.05) is 45.2 Å². The van der Waals surface area contributed by atoms with Gasteiger partial charge in [-0.2, -0.15) is 11.8 Å². The van der Waals surface area contributed by atoms with Crippen molar-refractivity contribution in [2.24, 2.45) is 10.9 Å². The first-order valence-electron chi connectivity index (χ1n) is 7.34. The minimum Gasteiger partial charge on any atom is -0.356 e. The van der Waals surface area contributed by atoms with E-state index in [2.05, 4.69) is 40.6 Å². The molecule has 4 nitrogen and oxygen atoms in total. The third kappa shape index (κ3) is 6.52. The molecule has 0 aromatic carbocycles. The van der Waals surface area contributed by atoms with Crippen LogP contribution in [0.15, 0.2) is 4.99 Å². The number of thioether (sulfide) groups is 1. The standard InChI is InChI=1S/C14H30N4S/c1-12-5-8-18(9-6-12)13(2)11-17-14(15-3)16-7-10-19-4/h12-13H,5-11H2,1-4H3,(H2,15,16,17). The Morgan fingerprint density at radius 2 is 2.05 bits per heavy atom. The molecule has 1 aliphatic heterocycles. The quantitative estimate of drug-likeness (QED) is 0.442. The first-order valence-corrected chi connectivity index (χ1v) is 8.74. The predicted octanol–water partition coefficient (Wildman–Crippen LogP) is 1.63. The molecule has 0 aliphatic carbocycles. The van der Waals surface area contributed by atoms with E-state index in [1.54, 1.807) is 0 Å². The maximum absolute atomic E-state index is 4.26. The van der Waals surface area contributed by atoms with Crippen molar-refractivity contribution >= 4 is 17.7 Å². The molecule has 5 heteroatoms. The molecule has 112 valence electrons. The highest BCUT2D eigenvalue weighted by atomic mass is 32.2. The topological polar surface area (TPSA) is 39.7 Å². The second kappa shape index (κ2) is 9.48. The van der Waals surface area contributed by atoms with Gasteiger partial charge in [0.05, 0.1) is 0 Å². The van der Waals surface area contributed by atoms with Gasteiger partial charge < -0.3 is 10.6 Å². The fourth-order valence-electron chi connectivity index (χ4n) is 2.33. The maximum Gasteiger partial charge on any atom is 0.191 e. The van der Waals surface area contributed by atoms with Crippen molar-refractivity contribution in [3.63, 3.8) is 0 Å². The van der Waals surface area contributed by atoms with E-state index in [0.717, 1.165) is 30.7 Å². The lowest BCUT2D eigenvalue weighted by Crippen LogP contribution is -2.48. The van der Waals surface area contributed by atoms with E-state index in [0.29, 0.717) is 6.04 Å². The zero-order valence-electron chi connectivity index (χ0n) is 12.9. The molecule has 1 rings (SSSR count). The molecule has 1 heterocycles. The van der Waals surface area contributed by atoms with Gasteiger partial charge in [0.15, 0.2) is 5.96 Å². The Hall–Kier alpha value is -0.420. The van der Waals surface area contributed by atoms with Crippen LogP contribution in [0.3, 0.4) is 0 Å². The number of nitrogens with one attached hydrogen (secondary N) is 2. The molecule has 1 fully saturated rings. The van der Waals surface area contributed by atoms with Crippen LogP contribution in [0.4, 0.5) is 0 Å². The second-order valence-electron chi connectivity index (χ2n) is 5.44. The predicted molar refractivity (Wildman–Crippen MR) is 87.2 cm³/mol. The summed E-state index contributed by atoms with van der Waals surface area (Å²) >= 11 is 1.85. The molecule has 1 atom stereocenters. The van der Waals surface area contributed by atoms with E-state index in [4.69, 9.17) is 0 Å². The summed E-state index contributed by atoms with van der Waals surface area (Å²) in [7, 11) is 1.83. The maximum atomic E-state index is 4.26. The van der Waals surface area contributed by atoms with Crippen LogP contribution < -0.4 is 10.6 Å². The van der Waals surface area contributed by atoms with E-state index in [9.17, 15) is 0 Å². The Bertz CT molecular complexity index is 262. The number of guanidine groups is 1. The SMILES string of the molecule is CN=C(NCCSC)NCC(C)N1CCC(C)CC1. The highest BCUT2D eigenvalue weighted by Gasteiger charge is 2.20. The molecule has 19 heavy (non-hydrogen) atoms. The number of aliphatic imine (C=N–C) groups is 1. The van der Waals surface area contributed by atoms with Crippen LogP contribution in [0.5, 0.6) is 0 Å². The minimum absolute atomic E-state index is 0.576. The van der Waals surface area contributed by atoms with Gasteiger partial charge in [-0.3, -0.25) is 9.89 Å². The van der Waals surface area contributed by atoms with Gasteiger partial charge in [-0.15, -0.1) is 0 Å². The highest BCUT2D eigenvalue weighted by molar-refractivity contribution is 7.98. The Kier molecular flexibility index (Phi) is 8.30. The second-order valence-corrected chi connectivity index (χ2v) is 6.43. The Labute approximate surface area is 122 Å². The van der Waals surface area contributed by atoms with Gasteiger partial charge in [-0.05, 0) is 45.0 Å². The summed E-state index contributed by atoms with van der Waals surface area (Å²) in [4.78, 5) is 6.84. The van der Waals surface area contributed by atoms with Crippen LogP contribution >= 0.6 is 11.8 Å². The van der Waals surface area contributed by atoms with Gasteiger partial charge in [0.1, 0.15) is 0 Å².